The summed E-state index contributed by atoms with van der Waals surface area (Å²) >= 11 is 0. The molecule has 0 heterocycles. The van der Waals surface area contributed by atoms with Crippen molar-refractivity contribution in [1.82, 2.24) is 4.72 Å². The van der Waals surface area contributed by atoms with Crippen molar-refractivity contribution in [3.8, 4) is 0 Å². The first kappa shape index (κ1) is 15.9. The average molecular weight is 286 g/mol. The maximum atomic E-state index is 12.2. The van der Waals surface area contributed by atoms with E-state index in [1.54, 1.807) is 19.9 Å². The van der Waals surface area contributed by atoms with Gasteiger partial charge in [-0.25, -0.2) is 13.1 Å². The lowest BCUT2D eigenvalue weighted by atomic mass is 10.1. The highest BCUT2D eigenvalue weighted by Gasteiger charge is 2.20. The van der Waals surface area contributed by atoms with Gasteiger partial charge in [-0.2, -0.15) is 0 Å². The highest BCUT2D eigenvalue weighted by Crippen LogP contribution is 2.25. The van der Waals surface area contributed by atoms with Crippen LogP contribution in [0.3, 0.4) is 0 Å². The summed E-state index contributed by atoms with van der Waals surface area (Å²) in [5, 5.41) is 0. The Bertz CT molecular complexity index is 527. The lowest BCUT2D eigenvalue weighted by Gasteiger charge is -2.13. The number of hydrogen-bond donors (Lipinski definition) is 2. The number of nitrogen functional groups attached to an aromatic ring is 1. The Kier molecular flexibility index (Phi) is 5.78. The minimum absolute atomic E-state index is 0.184. The van der Waals surface area contributed by atoms with E-state index in [4.69, 9.17) is 10.5 Å². The highest BCUT2D eigenvalue weighted by atomic mass is 32.2. The van der Waals surface area contributed by atoms with Crippen molar-refractivity contribution in [2.75, 3.05) is 25.5 Å². The van der Waals surface area contributed by atoms with Gasteiger partial charge in [0.2, 0.25) is 10.0 Å². The van der Waals surface area contributed by atoms with E-state index >= 15 is 0 Å². The SMILES string of the molecule is CCOCCCNS(=O)(=O)c1c(C)ccc(C)c1N. The number of rotatable bonds is 7. The number of nitrogens with one attached hydrogen (secondary N) is 1. The summed E-state index contributed by atoms with van der Waals surface area (Å²) in [5.74, 6) is 0. The minimum Gasteiger partial charge on any atom is -0.397 e. The average Bonchev–Trinajstić information content (AvgIpc) is 2.34. The van der Waals surface area contributed by atoms with Crippen LogP contribution in [0.5, 0.6) is 0 Å². The summed E-state index contributed by atoms with van der Waals surface area (Å²) < 4.78 is 32.2. The Hall–Kier alpha value is -1.11. The number of anilines is 1. The van der Waals surface area contributed by atoms with E-state index in [0.29, 0.717) is 37.4 Å². The van der Waals surface area contributed by atoms with Crippen molar-refractivity contribution in [2.24, 2.45) is 0 Å². The number of ether oxygens (including phenoxy) is 1. The minimum atomic E-state index is -3.56. The summed E-state index contributed by atoms with van der Waals surface area (Å²) in [6.45, 7) is 6.96. The van der Waals surface area contributed by atoms with E-state index in [0.717, 1.165) is 5.56 Å². The molecule has 108 valence electrons. The molecule has 0 saturated carbocycles. The molecule has 5 nitrogen and oxygen atoms in total. The van der Waals surface area contributed by atoms with Gasteiger partial charge >= 0.3 is 0 Å². The monoisotopic (exact) mass is 286 g/mol. The second kappa shape index (κ2) is 6.88. The van der Waals surface area contributed by atoms with E-state index in [9.17, 15) is 8.42 Å². The second-order valence-corrected chi connectivity index (χ2v) is 6.09. The zero-order chi connectivity index (χ0) is 14.5. The maximum absolute atomic E-state index is 12.2. The van der Waals surface area contributed by atoms with Gasteiger partial charge in [-0.15, -0.1) is 0 Å². The van der Waals surface area contributed by atoms with E-state index < -0.39 is 10.0 Å². The highest BCUT2D eigenvalue weighted by molar-refractivity contribution is 7.89. The van der Waals surface area contributed by atoms with Gasteiger partial charge in [0.25, 0.3) is 0 Å². The van der Waals surface area contributed by atoms with Gasteiger partial charge in [0.15, 0.2) is 0 Å². The zero-order valence-electron chi connectivity index (χ0n) is 11.7. The van der Waals surface area contributed by atoms with Crippen molar-refractivity contribution in [3.63, 3.8) is 0 Å². The lowest BCUT2D eigenvalue weighted by Crippen LogP contribution is -2.27. The van der Waals surface area contributed by atoms with Gasteiger partial charge in [0.05, 0.1) is 5.69 Å². The van der Waals surface area contributed by atoms with E-state index in [2.05, 4.69) is 4.72 Å². The normalized spacial score (nSPS) is 11.7. The topological polar surface area (TPSA) is 81.4 Å². The van der Waals surface area contributed by atoms with Crippen molar-refractivity contribution in [1.29, 1.82) is 0 Å². The standard InChI is InChI=1S/C13H22N2O3S/c1-4-18-9-5-8-15-19(16,17)13-11(3)7-6-10(2)12(13)14/h6-7,15H,4-5,8-9,14H2,1-3H3. The molecule has 0 aliphatic heterocycles. The van der Waals surface area contributed by atoms with Gasteiger partial charge in [-0.05, 0) is 38.3 Å². The molecule has 1 aromatic rings. The zero-order valence-corrected chi connectivity index (χ0v) is 12.5. The van der Waals surface area contributed by atoms with Gasteiger partial charge < -0.3 is 10.5 Å². The molecule has 0 aromatic heterocycles. The van der Waals surface area contributed by atoms with E-state index in [1.165, 1.54) is 0 Å². The van der Waals surface area contributed by atoms with Gasteiger partial charge in [-0.3, -0.25) is 0 Å². The molecular formula is C13H22N2O3S. The van der Waals surface area contributed by atoms with Crippen LogP contribution in [0.1, 0.15) is 24.5 Å². The Labute approximate surface area is 115 Å². The summed E-state index contributed by atoms with van der Waals surface area (Å²) in [6, 6.07) is 3.58. The first-order valence-electron chi connectivity index (χ1n) is 6.33. The maximum Gasteiger partial charge on any atom is 0.242 e. The lowest BCUT2D eigenvalue weighted by molar-refractivity contribution is 0.146. The van der Waals surface area contributed by atoms with Crippen LogP contribution >= 0.6 is 0 Å². The fourth-order valence-corrected chi connectivity index (χ4v) is 3.26. The van der Waals surface area contributed by atoms with Crippen LogP contribution < -0.4 is 10.5 Å². The Morgan fingerprint density at radius 3 is 2.53 bits per heavy atom. The predicted molar refractivity (Wildman–Crippen MR) is 76.6 cm³/mol. The van der Waals surface area contributed by atoms with E-state index in [1.807, 2.05) is 13.0 Å². The molecule has 0 saturated heterocycles. The molecule has 6 heteroatoms. The molecule has 0 unspecified atom stereocenters. The van der Waals surface area contributed by atoms with Crippen molar-refractivity contribution < 1.29 is 13.2 Å². The summed E-state index contributed by atoms with van der Waals surface area (Å²) in [5.41, 5.74) is 7.61. The summed E-state index contributed by atoms with van der Waals surface area (Å²) in [4.78, 5) is 0.184. The molecular weight excluding hydrogens is 264 g/mol. The third-order valence-corrected chi connectivity index (χ3v) is 4.50. The van der Waals surface area contributed by atoms with Crippen LogP contribution in [-0.4, -0.2) is 28.2 Å². The molecule has 0 amide bonds. The Morgan fingerprint density at radius 2 is 1.89 bits per heavy atom. The largest absolute Gasteiger partial charge is 0.397 e. The number of aryl methyl sites for hydroxylation is 2. The molecule has 0 fully saturated rings. The molecule has 0 bridgehead atoms. The molecule has 0 atom stereocenters. The molecule has 0 radical (unpaired) electrons. The predicted octanol–water partition coefficient (Wildman–Crippen LogP) is 1.59. The third kappa shape index (κ3) is 4.19. The van der Waals surface area contributed by atoms with Gasteiger partial charge in [0, 0.05) is 19.8 Å². The van der Waals surface area contributed by atoms with Crippen LogP contribution in [0.4, 0.5) is 5.69 Å². The molecule has 0 aliphatic rings. The molecule has 0 aliphatic carbocycles. The van der Waals surface area contributed by atoms with Crippen LogP contribution in [0, 0.1) is 13.8 Å². The van der Waals surface area contributed by atoms with Crippen molar-refractivity contribution in [2.45, 2.75) is 32.1 Å². The molecule has 1 aromatic carbocycles. The van der Waals surface area contributed by atoms with Crippen LogP contribution in [0.15, 0.2) is 17.0 Å². The third-order valence-electron chi connectivity index (χ3n) is 2.84. The first-order chi connectivity index (χ1) is 8.90. The van der Waals surface area contributed by atoms with Gasteiger partial charge in [0.1, 0.15) is 4.90 Å². The molecule has 3 N–H and O–H groups in total. The molecule has 0 spiro atoms. The van der Waals surface area contributed by atoms with Crippen molar-refractivity contribution in [3.05, 3.63) is 23.3 Å². The number of hydrogen-bond acceptors (Lipinski definition) is 4. The fourth-order valence-electron chi connectivity index (χ4n) is 1.76. The summed E-state index contributed by atoms with van der Waals surface area (Å²) in [6.07, 6.45) is 0.637. The Morgan fingerprint density at radius 1 is 1.26 bits per heavy atom. The summed E-state index contributed by atoms with van der Waals surface area (Å²) in [7, 11) is -3.56. The van der Waals surface area contributed by atoms with Gasteiger partial charge in [-0.1, -0.05) is 12.1 Å². The fraction of sp³-hybridized carbons (Fsp3) is 0.538. The first-order valence-corrected chi connectivity index (χ1v) is 7.81. The van der Waals surface area contributed by atoms with Crippen molar-refractivity contribution >= 4 is 15.7 Å². The smallest absolute Gasteiger partial charge is 0.242 e. The number of sulfonamides is 1. The van der Waals surface area contributed by atoms with Crippen LogP contribution in [0.25, 0.3) is 0 Å². The molecule has 1 rings (SSSR count). The second-order valence-electron chi connectivity index (χ2n) is 4.39. The molecule has 19 heavy (non-hydrogen) atoms. The Balaban J connectivity index is 2.81. The van der Waals surface area contributed by atoms with E-state index in [-0.39, 0.29) is 4.90 Å². The number of benzene rings is 1. The quantitative estimate of drug-likeness (QED) is 0.589. The number of nitrogens with two attached hydrogens (primary N) is 1. The van der Waals surface area contributed by atoms with Crippen LogP contribution in [-0.2, 0) is 14.8 Å². The van der Waals surface area contributed by atoms with Crippen LogP contribution in [0.2, 0.25) is 0 Å².